The Morgan fingerprint density at radius 1 is 1.26 bits per heavy atom. The number of hydrogen-bond donors (Lipinski definition) is 2. The zero-order valence-corrected chi connectivity index (χ0v) is 15.2. The molecule has 1 unspecified atom stereocenters. The van der Waals surface area contributed by atoms with E-state index in [-0.39, 0.29) is 17.7 Å². The van der Waals surface area contributed by atoms with E-state index in [1.54, 1.807) is 12.1 Å². The Labute approximate surface area is 157 Å². The number of piperidine rings is 1. The average Bonchev–Trinajstić information content (AvgIpc) is 3.08. The van der Waals surface area contributed by atoms with E-state index < -0.39 is 6.36 Å². The maximum atomic E-state index is 12.4. The molecule has 27 heavy (non-hydrogen) atoms. The van der Waals surface area contributed by atoms with Gasteiger partial charge in [0.05, 0.1) is 0 Å². The molecule has 2 heterocycles. The number of benzene rings is 1. The molecule has 1 aromatic carbocycles. The van der Waals surface area contributed by atoms with E-state index >= 15 is 0 Å². The van der Waals surface area contributed by atoms with Crippen molar-refractivity contribution in [2.24, 2.45) is 5.92 Å². The zero-order valence-electron chi connectivity index (χ0n) is 15.2. The summed E-state index contributed by atoms with van der Waals surface area (Å²) < 4.78 is 41.1. The molecule has 0 radical (unpaired) electrons. The number of amides is 1. The van der Waals surface area contributed by atoms with Gasteiger partial charge in [-0.1, -0.05) is 6.07 Å². The van der Waals surface area contributed by atoms with Crippen molar-refractivity contribution in [3.05, 3.63) is 24.3 Å². The van der Waals surface area contributed by atoms with E-state index in [9.17, 15) is 18.0 Å². The fraction of sp³-hybridized carbons (Fsp3) is 0.632. The van der Waals surface area contributed by atoms with Crippen LogP contribution in [0.25, 0.3) is 0 Å². The fourth-order valence-corrected chi connectivity index (χ4v) is 3.80. The summed E-state index contributed by atoms with van der Waals surface area (Å²) in [5.41, 5.74) is 0.670. The molecule has 1 amide bonds. The van der Waals surface area contributed by atoms with Gasteiger partial charge in [-0.3, -0.25) is 4.79 Å². The Hall–Kier alpha value is -1.96. The van der Waals surface area contributed by atoms with Crippen molar-refractivity contribution >= 4 is 11.6 Å². The first-order chi connectivity index (χ1) is 12.9. The lowest BCUT2D eigenvalue weighted by atomic mass is 9.93. The monoisotopic (exact) mass is 385 g/mol. The van der Waals surface area contributed by atoms with Gasteiger partial charge in [0.25, 0.3) is 0 Å². The molecule has 1 atom stereocenters. The highest BCUT2D eigenvalue weighted by Gasteiger charge is 2.31. The smallest absolute Gasteiger partial charge is 0.406 e. The van der Waals surface area contributed by atoms with Crippen LogP contribution < -0.4 is 20.3 Å². The van der Waals surface area contributed by atoms with Crippen LogP contribution in [-0.2, 0) is 4.79 Å². The number of nitrogens with zero attached hydrogens (tertiary/aromatic N) is 1. The Balaban J connectivity index is 1.45. The molecule has 1 aromatic rings. The van der Waals surface area contributed by atoms with E-state index in [0.29, 0.717) is 31.1 Å². The summed E-state index contributed by atoms with van der Waals surface area (Å²) in [5, 5.41) is 6.38. The fourth-order valence-electron chi connectivity index (χ4n) is 3.80. The van der Waals surface area contributed by atoms with Crippen molar-refractivity contribution in [3.63, 3.8) is 0 Å². The lowest BCUT2D eigenvalue weighted by Gasteiger charge is -2.23. The van der Waals surface area contributed by atoms with Crippen LogP contribution >= 0.6 is 0 Å². The molecule has 2 aliphatic heterocycles. The molecule has 0 bridgehead atoms. The van der Waals surface area contributed by atoms with E-state index in [1.807, 2.05) is 4.90 Å². The first-order valence-corrected chi connectivity index (χ1v) is 9.50. The van der Waals surface area contributed by atoms with Crippen LogP contribution in [-0.4, -0.2) is 44.5 Å². The molecule has 0 spiro atoms. The van der Waals surface area contributed by atoms with Gasteiger partial charge < -0.3 is 20.3 Å². The van der Waals surface area contributed by atoms with Crippen molar-refractivity contribution < 1.29 is 22.7 Å². The van der Waals surface area contributed by atoms with E-state index in [4.69, 9.17) is 0 Å². The minimum Gasteiger partial charge on any atom is -0.406 e. The van der Waals surface area contributed by atoms with Crippen molar-refractivity contribution in [2.45, 2.75) is 44.5 Å². The number of hydrogen-bond acceptors (Lipinski definition) is 4. The molecule has 0 saturated carbocycles. The van der Waals surface area contributed by atoms with E-state index in [1.165, 1.54) is 12.1 Å². The number of alkyl halides is 3. The average molecular weight is 385 g/mol. The summed E-state index contributed by atoms with van der Waals surface area (Å²) in [6, 6.07) is 5.99. The third-order valence-corrected chi connectivity index (χ3v) is 5.21. The Bertz CT molecular complexity index is 633. The molecule has 2 fully saturated rings. The minimum absolute atomic E-state index is 0.0257. The first kappa shape index (κ1) is 19.8. The third-order valence-electron chi connectivity index (χ3n) is 5.21. The molecule has 2 saturated heterocycles. The summed E-state index contributed by atoms with van der Waals surface area (Å²) in [5.74, 6) is 0.456. The SMILES string of the molecule is O=C(CCC1CCNCC1)NC1CCN(c2cccc(OC(F)(F)F)c2)C1. The van der Waals surface area contributed by atoms with E-state index in [2.05, 4.69) is 15.4 Å². The van der Waals surface area contributed by atoms with Crippen molar-refractivity contribution in [1.29, 1.82) is 0 Å². The van der Waals surface area contributed by atoms with Gasteiger partial charge in [0.2, 0.25) is 5.91 Å². The normalized spacial score (nSPS) is 21.3. The minimum atomic E-state index is -4.70. The highest BCUT2D eigenvalue weighted by atomic mass is 19.4. The van der Waals surface area contributed by atoms with Gasteiger partial charge in [-0.25, -0.2) is 0 Å². The lowest BCUT2D eigenvalue weighted by molar-refractivity contribution is -0.274. The maximum Gasteiger partial charge on any atom is 0.573 e. The first-order valence-electron chi connectivity index (χ1n) is 9.50. The number of anilines is 1. The number of rotatable bonds is 6. The lowest BCUT2D eigenvalue weighted by Crippen LogP contribution is -2.37. The van der Waals surface area contributed by atoms with Gasteiger partial charge in [0, 0.05) is 37.3 Å². The molecule has 2 aliphatic rings. The second-order valence-electron chi connectivity index (χ2n) is 7.28. The summed E-state index contributed by atoms with van der Waals surface area (Å²) in [4.78, 5) is 14.2. The van der Waals surface area contributed by atoms with Gasteiger partial charge in [0.1, 0.15) is 5.75 Å². The molecule has 8 heteroatoms. The molecule has 3 rings (SSSR count). The molecule has 5 nitrogen and oxygen atoms in total. The van der Waals surface area contributed by atoms with Crippen LogP contribution in [0.3, 0.4) is 0 Å². The van der Waals surface area contributed by atoms with Gasteiger partial charge in [0.15, 0.2) is 0 Å². The molecule has 2 N–H and O–H groups in total. The van der Waals surface area contributed by atoms with E-state index in [0.717, 1.165) is 38.8 Å². The van der Waals surface area contributed by atoms with Crippen molar-refractivity contribution in [1.82, 2.24) is 10.6 Å². The Morgan fingerprint density at radius 2 is 2.04 bits per heavy atom. The summed E-state index contributed by atoms with van der Waals surface area (Å²) in [6.07, 6.45) is -0.212. The summed E-state index contributed by atoms with van der Waals surface area (Å²) in [7, 11) is 0. The third kappa shape index (κ3) is 6.30. The topological polar surface area (TPSA) is 53.6 Å². The molecular weight excluding hydrogens is 359 g/mol. The zero-order chi connectivity index (χ0) is 19.3. The van der Waals surface area contributed by atoms with Crippen LogP contribution in [0.1, 0.15) is 32.1 Å². The highest BCUT2D eigenvalue weighted by molar-refractivity contribution is 5.76. The molecule has 0 aromatic heterocycles. The maximum absolute atomic E-state index is 12.4. The largest absolute Gasteiger partial charge is 0.573 e. The van der Waals surface area contributed by atoms with Crippen LogP contribution in [0.15, 0.2) is 24.3 Å². The second-order valence-corrected chi connectivity index (χ2v) is 7.28. The van der Waals surface area contributed by atoms with Gasteiger partial charge in [-0.05, 0) is 56.8 Å². The van der Waals surface area contributed by atoms with Crippen molar-refractivity contribution in [2.75, 3.05) is 31.1 Å². The van der Waals surface area contributed by atoms with Crippen LogP contribution in [0.2, 0.25) is 0 Å². The van der Waals surface area contributed by atoms with Crippen LogP contribution in [0.4, 0.5) is 18.9 Å². The second kappa shape index (κ2) is 8.82. The molecule has 150 valence electrons. The molecular formula is C19H26F3N3O2. The Kier molecular flexibility index (Phi) is 6.46. The van der Waals surface area contributed by atoms with Gasteiger partial charge in [-0.2, -0.15) is 0 Å². The van der Waals surface area contributed by atoms with Crippen LogP contribution in [0.5, 0.6) is 5.75 Å². The van der Waals surface area contributed by atoms with Crippen molar-refractivity contribution in [3.8, 4) is 5.75 Å². The summed E-state index contributed by atoms with van der Waals surface area (Å²) in [6.45, 7) is 3.34. The number of nitrogens with one attached hydrogen (secondary N) is 2. The predicted molar refractivity (Wildman–Crippen MR) is 96.7 cm³/mol. The quantitative estimate of drug-likeness (QED) is 0.790. The molecule has 0 aliphatic carbocycles. The number of halogens is 3. The van der Waals surface area contributed by atoms with Gasteiger partial charge >= 0.3 is 6.36 Å². The highest BCUT2D eigenvalue weighted by Crippen LogP contribution is 2.28. The van der Waals surface area contributed by atoms with Gasteiger partial charge in [-0.15, -0.1) is 13.2 Å². The number of ether oxygens (including phenoxy) is 1. The Morgan fingerprint density at radius 3 is 2.78 bits per heavy atom. The predicted octanol–water partition coefficient (Wildman–Crippen LogP) is 3.06. The number of carbonyl (C=O) groups excluding carboxylic acids is 1. The summed E-state index contributed by atoms with van der Waals surface area (Å²) >= 11 is 0. The standard InChI is InChI=1S/C19H26F3N3O2/c20-19(21,22)27-17-3-1-2-16(12-17)25-11-8-15(13-25)24-18(26)5-4-14-6-9-23-10-7-14/h1-3,12,14-15,23H,4-11,13H2,(H,24,26). The van der Waals surface area contributed by atoms with Crippen LogP contribution in [0, 0.1) is 5.92 Å². The number of carbonyl (C=O) groups is 1.